The van der Waals surface area contributed by atoms with Gasteiger partial charge >= 0.3 is 0 Å². The molecule has 2 aromatic carbocycles. The number of hydrogen-bond donors (Lipinski definition) is 1. The van der Waals surface area contributed by atoms with E-state index in [1.165, 1.54) is 5.69 Å². The Kier molecular flexibility index (Phi) is 5.93. The number of rotatable bonds is 6. The Morgan fingerprint density at radius 1 is 1.17 bits per heavy atom. The van der Waals surface area contributed by atoms with Gasteiger partial charge in [0.05, 0.1) is 35.9 Å². The summed E-state index contributed by atoms with van der Waals surface area (Å²) in [6.07, 6.45) is 1.76. The van der Waals surface area contributed by atoms with E-state index in [9.17, 15) is 0 Å². The molecule has 1 unspecified atom stereocenters. The van der Waals surface area contributed by atoms with E-state index in [4.69, 9.17) is 26.3 Å². The van der Waals surface area contributed by atoms with E-state index in [0.717, 1.165) is 59.2 Å². The van der Waals surface area contributed by atoms with E-state index in [2.05, 4.69) is 35.9 Å². The molecule has 4 rings (SSSR count). The van der Waals surface area contributed by atoms with Crippen LogP contribution in [-0.4, -0.2) is 36.0 Å². The molecule has 1 atom stereocenters. The van der Waals surface area contributed by atoms with Crippen molar-refractivity contribution in [3.8, 4) is 11.4 Å². The van der Waals surface area contributed by atoms with Crippen molar-refractivity contribution >= 4 is 17.3 Å². The third-order valence-corrected chi connectivity index (χ3v) is 5.83. The number of hydrogen-bond acceptors (Lipinski definition) is 4. The van der Waals surface area contributed by atoms with Gasteiger partial charge in [0.15, 0.2) is 0 Å². The molecule has 1 N–H and O–H groups in total. The largest absolute Gasteiger partial charge is 0.497 e. The minimum Gasteiger partial charge on any atom is -0.497 e. The van der Waals surface area contributed by atoms with Gasteiger partial charge in [-0.15, -0.1) is 0 Å². The minimum absolute atomic E-state index is 0.00215. The molecular weight excluding hydrogens is 396 g/mol. The molecule has 0 saturated carbocycles. The van der Waals surface area contributed by atoms with Crippen LogP contribution in [0.25, 0.3) is 5.69 Å². The van der Waals surface area contributed by atoms with Gasteiger partial charge < -0.3 is 10.1 Å². The average Bonchev–Trinajstić information content (AvgIpc) is 3.02. The fourth-order valence-corrected chi connectivity index (χ4v) is 4.27. The molecule has 1 aromatic heterocycles. The van der Waals surface area contributed by atoms with Crippen LogP contribution in [0, 0.1) is 6.92 Å². The van der Waals surface area contributed by atoms with Crippen molar-refractivity contribution in [1.29, 1.82) is 0 Å². The summed E-state index contributed by atoms with van der Waals surface area (Å²) in [5, 5.41) is 3.99. The highest BCUT2D eigenvalue weighted by Gasteiger charge is 2.29. The molecule has 0 fully saturated rings. The normalized spacial score (nSPS) is 15.2. The molecule has 30 heavy (non-hydrogen) atoms. The van der Waals surface area contributed by atoms with Gasteiger partial charge in [-0.05, 0) is 63.7 Å². The van der Waals surface area contributed by atoms with E-state index in [0.29, 0.717) is 5.02 Å². The number of fused-ring (bicyclic) bond motifs is 3. The number of benzene rings is 2. The summed E-state index contributed by atoms with van der Waals surface area (Å²) in [4.78, 5) is 10.2. The number of aryl methyl sites for hydroxylation is 2. The van der Waals surface area contributed by atoms with Crippen LogP contribution in [-0.2, 0) is 6.42 Å². The standard InChI is InChI=1S/C24H27ClN4O/c1-5-20-24-21(12-13-26-3)28-23(16-6-8-17(25)9-7-16)19-14-18(30-4)10-11-22(19)29(24)15(2)27-20/h6-11,14,21,26H,5,12-13H2,1-4H3. The lowest BCUT2D eigenvalue weighted by molar-refractivity contribution is 0.414. The highest BCUT2D eigenvalue weighted by atomic mass is 35.5. The van der Waals surface area contributed by atoms with E-state index in [1.807, 2.05) is 37.4 Å². The predicted molar refractivity (Wildman–Crippen MR) is 123 cm³/mol. The van der Waals surface area contributed by atoms with Crippen molar-refractivity contribution in [3.63, 3.8) is 0 Å². The fourth-order valence-electron chi connectivity index (χ4n) is 4.14. The zero-order chi connectivity index (χ0) is 21.3. The summed E-state index contributed by atoms with van der Waals surface area (Å²) >= 11 is 6.16. The quantitative estimate of drug-likeness (QED) is 0.614. The molecule has 156 valence electrons. The van der Waals surface area contributed by atoms with Crippen LogP contribution < -0.4 is 10.1 Å². The third kappa shape index (κ3) is 3.64. The summed E-state index contributed by atoms with van der Waals surface area (Å²) in [6, 6.07) is 14.1. The van der Waals surface area contributed by atoms with Crippen molar-refractivity contribution in [3.05, 3.63) is 75.8 Å². The molecule has 0 saturated heterocycles. The summed E-state index contributed by atoms with van der Waals surface area (Å²) in [7, 11) is 3.67. The van der Waals surface area contributed by atoms with Crippen LogP contribution in [0.1, 0.15) is 47.7 Å². The number of ether oxygens (including phenoxy) is 1. The zero-order valence-corrected chi connectivity index (χ0v) is 18.6. The molecular formula is C24H27ClN4O. The first-order valence-electron chi connectivity index (χ1n) is 10.3. The Bertz CT molecular complexity index is 1090. The monoisotopic (exact) mass is 422 g/mol. The van der Waals surface area contributed by atoms with Crippen LogP contribution in [0.3, 0.4) is 0 Å². The Labute approximate surface area is 182 Å². The molecule has 0 radical (unpaired) electrons. The van der Waals surface area contributed by atoms with Gasteiger partial charge in [0, 0.05) is 16.1 Å². The number of nitrogens with zero attached hydrogens (tertiary/aromatic N) is 3. The maximum Gasteiger partial charge on any atom is 0.119 e. The van der Waals surface area contributed by atoms with Gasteiger partial charge in [0.1, 0.15) is 11.6 Å². The number of imidazole rings is 1. The molecule has 0 aliphatic carbocycles. The molecule has 0 amide bonds. The SMILES string of the molecule is CCc1nc(C)n2c1C(CCNC)N=C(c1ccc(Cl)cc1)c1cc(OC)ccc1-2. The number of nitrogens with one attached hydrogen (secondary N) is 1. The van der Waals surface area contributed by atoms with Gasteiger partial charge in [0.2, 0.25) is 0 Å². The molecule has 5 nitrogen and oxygen atoms in total. The number of halogens is 1. The van der Waals surface area contributed by atoms with Crippen LogP contribution >= 0.6 is 11.6 Å². The Hall–Kier alpha value is -2.63. The maximum atomic E-state index is 6.16. The van der Waals surface area contributed by atoms with Crippen molar-refractivity contribution < 1.29 is 4.74 Å². The molecule has 1 aliphatic heterocycles. The van der Waals surface area contributed by atoms with Crippen LogP contribution in [0.2, 0.25) is 5.02 Å². The van der Waals surface area contributed by atoms with Gasteiger partial charge in [-0.2, -0.15) is 0 Å². The van der Waals surface area contributed by atoms with Gasteiger partial charge in [0.25, 0.3) is 0 Å². The van der Waals surface area contributed by atoms with Crippen LogP contribution in [0.15, 0.2) is 47.5 Å². The number of aromatic nitrogens is 2. The second kappa shape index (κ2) is 8.62. The number of aliphatic imine (C=N–C) groups is 1. The minimum atomic E-state index is -0.00215. The lowest BCUT2D eigenvalue weighted by Gasteiger charge is -2.16. The van der Waals surface area contributed by atoms with E-state index < -0.39 is 0 Å². The van der Waals surface area contributed by atoms with E-state index in [1.54, 1.807) is 7.11 Å². The summed E-state index contributed by atoms with van der Waals surface area (Å²) in [5.41, 5.74) is 6.39. The van der Waals surface area contributed by atoms with Crippen molar-refractivity contribution in [2.45, 2.75) is 32.7 Å². The Morgan fingerprint density at radius 3 is 2.60 bits per heavy atom. The maximum absolute atomic E-state index is 6.16. The van der Waals surface area contributed by atoms with Crippen LogP contribution in [0.5, 0.6) is 5.75 Å². The molecule has 1 aliphatic rings. The van der Waals surface area contributed by atoms with Crippen molar-refractivity contribution in [2.75, 3.05) is 20.7 Å². The third-order valence-electron chi connectivity index (χ3n) is 5.58. The molecule has 0 spiro atoms. The lowest BCUT2D eigenvalue weighted by Crippen LogP contribution is -2.14. The molecule has 2 heterocycles. The van der Waals surface area contributed by atoms with Gasteiger partial charge in [-0.1, -0.05) is 30.7 Å². The Morgan fingerprint density at radius 2 is 1.93 bits per heavy atom. The topological polar surface area (TPSA) is 51.4 Å². The highest BCUT2D eigenvalue weighted by Crippen LogP contribution is 2.37. The summed E-state index contributed by atoms with van der Waals surface area (Å²) < 4.78 is 7.83. The van der Waals surface area contributed by atoms with Gasteiger partial charge in [-0.25, -0.2) is 4.98 Å². The average molecular weight is 423 g/mol. The highest BCUT2D eigenvalue weighted by molar-refractivity contribution is 6.30. The second-order valence-electron chi connectivity index (χ2n) is 7.46. The summed E-state index contributed by atoms with van der Waals surface area (Å²) in [5.74, 6) is 1.79. The first-order chi connectivity index (χ1) is 14.6. The lowest BCUT2D eigenvalue weighted by atomic mass is 10.00. The predicted octanol–water partition coefficient (Wildman–Crippen LogP) is 4.91. The summed E-state index contributed by atoms with van der Waals surface area (Å²) in [6.45, 7) is 5.09. The van der Waals surface area contributed by atoms with Crippen molar-refractivity contribution in [2.24, 2.45) is 4.99 Å². The first-order valence-corrected chi connectivity index (χ1v) is 10.7. The van der Waals surface area contributed by atoms with Crippen LogP contribution in [0.4, 0.5) is 0 Å². The zero-order valence-electron chi connectivity index (χ0n) is 17.9. The Balaban J connectivity index is 2.03. The first kappa shape index (κ1) is 20.6. The van der Waals surface area contributed by atoms with Crippen molar-refractivity contribution in [1.82, 2.24) is 14.9 Å². The molecule has 0 bridgehead atoms. The van der Waals surface area contributed by atoms with E-state index >= 15 is 0 Å². The second-order valence-corrected chi connectivity index (χ2v) is 7.89. The van der Waals surface area contributed by atoms with E-state index in [-0.39, 0.29) is 6.04 Å². The molecule has 3 aromatic rings. The molecule has 6 heteroatoms. The smallest absolute Gasteiger partial charge is 0.119 e. The van der Waals surface area contributed by atoms with Gasteiger partial charge in [-0.3, -0.25) is 9.56 Å². The number of methoxy groups -OCH3 is 1. The fraction of sp³-hybridized carbons (Fsp3) is 0.333.